The molecule has 0 N–H and O–H groups in total. The summed E-state index contributed by atoms with van der Waals surface area (Å²) in [6, 6.07) is 0.500. The summed E-state index contributed by atoms with van der Waals surface area (Å²) in [7, 11) is 2.07. The quantitative estimate of drug-likeness (QED) is 0.735. The number of thioether (sulfide) groups is 1. The highest BCUT2D eigenvalue weighted by atomic mass is 35.5. The van der Waals surface area contributed by atoms with Crippen LogP contribution in [-0.2, 0) is 5.88 Å². The van der Waals surface area contributed by atoms with Crippen molar-refractivity contribution in [2.24, 2.45) is 0 Å². The molecule has 0 aliphatic carbocycles. The zero-order valence-electron chi connectivity index (χ0n) is 9.67. The summed E-state index contributed by atoms with van der Waals surface area (Å²) in [5, 5.41) is 1.50. The van der Waals surface area contributed by atoms with Gasteiger partial charge in [0, 0.05) is 18.8 Å². The fourth-order valence-corrected chi connectivity index (χ4v) is 3.76. The maximum Gasteiger partial charge on any atom is 0.187 e. The number of hydrogen-bond acceptors (Lipinski definition) is 4. The van der Waals surface area contributed by atoms with E-state index in [1.54, 1.807) is 11.3 Å². The lowest BCUT2D eigenvalue weighted by atomic mass is 10.2. The molecule has 0 aromatic carbocycles. The van der Waals surface area contributed by atoms with E-state index in [4.69, 9.17) is 23.2 Å². The highest BCUT2D eigenvalue weighted by molar-refractivity contribution is 7.98. The van der Waals surface area contributed by atoms with Crippen LogP contribution < -0.4 is 4.90 Å². The van der Waals surface area contributed by atoms with Gasteiger partial charge in [-0.15, -0.1) is 11.6 Å². The molecule has 16 heavy (non-hydrogen) atoms. The van der Waals surface area contributed by atoms with E-state index in [-0.39, 0.29) is 0 Å². The largest absolute Gasteiger partial charge is 0.347 e. The third kappa shape index (κ3) is 3.42. The topological polar surface area (TPSA) is 16.1 Å². The monoisotopic (exact) mass is 298 g/mol. The van der Waals surface area contributed by atoms with Gasteiger partial charge in [0.1, 0.15) is 5.15 Å². The maximum absolute atomic E-state index is 6.00. The molecule has 2 nitrogen and oxygen atoms in total. The summed E-state index contributed by atoms with van der Waals surface area (Å²) in [4.78, 5) is 7.49. The fourth-order valence-electron chi connectivity index (χ4n) is 1.41. The average Bonchev–Trinajstić information content (AvgIpc) is 2.66. The van der Waals surface area contributed by atoms with Gasteiger partial charge in [0.15, 0.2) is 5.13 Å². The molecule has 0 bridgehead atoms. The molecule has 0 radical (unpaired) electrons. The van der Waals surface area contributed by atoms with E-state index in [1.807, 2.05) is 11.8 Å². The molecule has 0 fully saturated rings. The van der Waals surface area contributed by atoms with Gasteiger partial charge in [-0.2, -0.15) is 11.8 Å². The Kier molecular flexibility index (Phi) is 6.26. The molecule has 6 heteroatoms. The van der Waals surface area contributed by atoms with Crippen LogP contribution in [0.1, 0.15) is 18.2 Å². The maximum atomic E-state index is 6.00. The Hall–Kier alpha value is 0.360. The van der Waals surface area contributed by atoms with Crippen LogP contribution in [0.15, 0.2) is 0 Å². The van der Waals surface area contributed by atoms with Crippen LogP contribution in [0.2, 0.25) is 5.15 Å². The number of hydrogen-bond donors (Lipinski definition) is 0. The number of thiazole rings is 1. The number of aromatic nitrogens is 1. The van der Waals surface area contributed by atoms with Crippen molar-refractivity contribution in [3.8, 4) is 0 Å². The third-order valence-corrected chi connectivity index (χ3v) is 5.15. The average molecular weight is 299 g/mol. The minimum atomic E-state index is 0.434. The molecule has 1 atom stereocenters. The Morgan fingerprint density at radius 1 is 1.56 bits per heavy atom. The summed E-state index contributed by atoms with van der Waals surface area (Å²) in [6.07, 6.45) is 3.22. The molecule has 0 saturated heterocycles. The normalized spacial score (nSPS) is 12.8. The SMILES string of the molecule is CCC(CSC)N(C)c1nc(Cl)c(CCl)s1. The lowest BCUT2D eigenvalue weighted by molar-refractivity contribution is 0.671. The van der Waals surface area contributed by atoms with Crippen molar-refractivity contribution in [1.82, 2.24) is 4.98 Å². The molecule has 0 saturated carbocycles. The second kappa shape index (κ2) is 6.94. The first-order valence-corrected chi connectivity index (χ1v) is 8.19. The summed E-state index contributed by atoms with van der Waals surface area (Å²) in [5.74, 6) is 1.53. The van der Waals surface area contributed by atoms with Crippen LogP contribution in [-0.4, -0.2) is 30.1 Å². The van der Waals surface area contributed by atoms with E-state index in [9.17, 15) is 0 Å². The van der Waals surface area contributed by atoms with Gasteiger partial charge in [-0.25, -0.2) is 4.98 Å². The summed E-state index contributed by atoms with van der Waals surface area (Å²) in [6.45, 7) is 2.19. The van der Waals surface area contributed by atoms with E-state index >= 15 is 0 Å². The van der Waals surface area contributed by atoms with E-state index in [0.717, 1.165) is 22.2 Å². The molecule has 0 aliphatic rings. The van der Waals surface area contributed by atoms with Crippen molar-refractivity contribution in [3.05, 3.63) is 10.0 Å². The highest BCUT2D eigenvalue weighted by Crippen LogP contribution is 2.31. The van der Waals surface area contributed by atoms with Crippen LogP contribution in [0.3, 0.4) is 0 Å². The van der Waals surface area contributed by atoms with E-state index in [2.05, 4.69) is 30.1 Å². The zero-order valence-corrected chi connectivity index (χ0v) is 12.8. The van der Waals surface area contributed by atoms with Gasteiger partial charge >= 0.3 is 0 Å². The second-order valence-electron chi connectivity index (χ2n) is 3.47. The van der Waals surface area contributed by atoms with Crippen molar-refractivity contribution in [3.63, 3.8) is 0 Å². The minimum absolute atomic E-state index is 0.434. The summed E-state index contributed by atoms with van der Waals surface area (Å²) < 4.78 is 0. The Morgan fingerprint density at radius 2 is 2.25 bits per heavy atom. The van der Waals surface area contributed by atoms with Gasteiger partial charge in [-0.3, -0.25) is 0 Å². The van der Waals surface area contributed by atoms with Gasteiger partial charge < -0.3 is 4.90 Å². The molecule has 1 rings (SSSR count). The Bertz CT molecular complexity index is 331. The predicted molar refractivity (Wildman–Crippen MR) is 77.5 cm³/mol. The first-order valence-electron chi connectivity index (χ1n) is 5.06. The van der Waals surface area contributed by atoms with E-state index in [1.165, 1.54) is 0 Å². The van der Waals surface area contributed by atoms with Crippen LogP contribution in [0, 0.1) is 0 Å². The standard InChI is InChI=1S/C10H16Cl2N2S2/c1-4-7(6-15-3)14(2)10-13-9(12)8(5-11)16-10/h7H,4-6H2,1-3H3. The highest BCUT2D eigenvalue weighted by Gasteiger charge is 2.17. The molecular formula is C10H16Cl2N2S2. The smallest absolute Gasteiger partial charge is 0.187 e. The molecule has 0 amide bonds. The minimum Gasteiger partial charge on any atom is -0.347 e. The van der Waals surface area contributed by atoms with Gasteiger partial charge in [0.05, 0.1) is 10.8 Å². The Morgan fingerprint density at radius 3 is 2.69 bits per heavy atom. The van der Waals surface area contributed by atoms with Crippen molar-refractivity contribution < 1.29 is 0 Å². The van der Waals surface area contributed by atoms with Gasteiger partial charge in [0.2, 0.25) is 0 Å². The molecular weight excluding hydrogens is 283 g/mol. The lowest BCUT2D eigenvalue weighted by Crippen LogP contribution is -2.32. The van der Waals surface area contributed by atoms with E-state index in [0.29, 0.717) is 17.1 Å². The number of nitrogens with zero attached hydrogens (tertiary/aromatic N) is 2. The molecule has 1 unspecified atom stereocenters. The molecule has 0 spiro atoms. The Balaban J connectivity index is 2.81. The van der Waals surface area contributed by atoms with Crippen LogP contribution >= 0.6 is 46.3 Å². The van der Waals surface area contributed by atoms with Gasteiger partial charge in [0.25, 0.3) is 0 Å². The van der Waals surface area contributed by atoms with Crippen molar-refractivity contribution in [1.29, 1.82) is 0 Å². The molecule has 92 valence electrons. The van der Waals surface area contributed by atoms with Crippen LogP contribution in [0.5, 0.6) is 0 Å². The first kappa shape index (κ1) is 14.4. The number of halogens is 2. The van der Waals surface area contributed by atoms with Crippen LogP contribution in [0.4, 0.5) is 5.13 Å². The van der Waals surface area contributed by atoms with Crippen LogP contribution in [0.25, 0.3) is 0 Å². The Labute approximate surface area is 115 Å². The lowest BCUT2D eigenvalue weighted by Gasteiger charge is -2.25. The number of anilines is 1. The predicted octanol–water partition coefficient (Wildman–Crippen LogP) is 4.11. The number of alkyl halides is 1. The van der Waals surface area contributed by atoms with Crippen molar-refractivity contribution in [2.75, 3.05) is 24.0 Å². The molecule has 1 aromatic heterocycles. The van der Waals surface area contributed by atoms with E-state index < -0.39 is 0 Å². The molecule has 1 aromatic rings. The second-order valence-corrected chi connectivity index (χ2v) is 6.07. The fraction of sp³-hybridized carbons (Fsp3) is 0.700. The summed E-state index contributed by atoms with van der Waals surface area (Å²) in [5.41, 5.74) is 0. The molecule has 0 aliphatic heterocycles. The van der Waals surface area contributed by atoms with Gasteiger partial charge in [-0.1, -0.05) is 29.9 Å². The van der Waals surface area contributed by atoms with Gasteiger partial charge in [-0.05, 0) is 12.7 Å². The first-order chi connectivity index (χ1) is 7.63. The summed E-state index contributed by atoms with van der Waals surface area (Å²) >= 11 is 15.2. The number of rotatable bonds is 6. The zero-order chi connectivity index (χ0) is 12.1. The van der Waals surface area contributed by atoms with Crippen molar-refractivity contribution >= 4 is 51.4 Å². The van der Waals surface area contributed by atoms with Crippen molar-refractivity contribution in [2.45, 2.75) is 25.3 Å². The molecule has 1 heterocycles. The third-order valence-electron chi connectivity index (χ3n) is 2.44.